The van der Waals surface area contributed by atoms with Crippen molar-refractivity contribution < 1.29 is 23.6 Å². The first-order chi connectivity index (χ1) is 15.0. The Hall–Kier alpha value is -2.49. The summed E-state index contributed by atoms with van der Waals surface area (Å²) in [5.41, 5.74) is 1.00. The van der Waals surface area contributed by atoms with Crippen molar-refractivity contribution >= 4 is 18.5 Å². The smallest absolute Gasteiger partial charge is 0.491 e. The van der Waals surface area contributed by atoms with Gasteiger partial charge in [0, 0.05) is 30.6 Å². The number of hydrogen-bond acceptors (Lipinski definition) is 7. The fourth-order valence-electron chi connectivity index (χ4n) is 3.18. The molecule has 0 saturated carbocycles. The van der Waals surface area contributed by atoms with Crippen molar-refractivity contribution in [3.05, 3.63) is 47.5 Å². The van der Waals surface area contributed by atoms with Crippen molar-refractivity contribution in [2.45, 2.75) is 58.8 Å². The van der Waals surface area contributed by atoms with Gasteiger partial charge in [-0.3, -0.25) is 4.79 Å². The zero-order valence-corrected chi connectivity index (χ0v) is 19.9. The van der Waals surface area contributed by atoms with E-state index in [1.54, 1.807) is 31.6 Å². The average Bonchev–Trinajstić information content (AvgIpc) is 2.95. The van der Waals surface area contributed by atoms with Crippen LogP contribution in [0.25, 0.3) is 0 Å². The van der Waals surface area contributed by atoms with Crippen molar-refractivity contribution in [1.82, 2.24) is 15.3 Å². The Balaban J connectivity index is 1.85. The first-order valence-electron chi connectivity index (χ1n) is 10.7. The Morgan fingerprint density at radius 3 is 2.31 bits per heavy atom. The zero-order chi connectivity index (χ0) is 23.5. The summed E-state index contributed by atoms with van der Waals surface area (Å²) in [5.74, 6) is 0.985. The van der Waals surface area contributed by atoms with Crippen LogP contribution < -0.4 is 15.5 Å². The molecule has 2 aromatic rings. The Bertz CT molecular complexity index is 933. The van der Waals surface area contributed by atoms with Crippen molar-refractivity contribution in [2.75, 3.05) is 20.3 Å². The molecule has 0 bridgehead atoms. The molecule has 1 saturated heterocycles. The van der Waals surface area contributed by atoms with E-state index >= 15 is 0 Å². The van der Waals surface area contributed by atoms with Gasteiger partial charge in [0.2, 0.25) is 0 Å². The van der Waals surface area contributed by atoms with Gasteiger partial charge in [-0.15, -0.1) is 0 Å². The third-order valence-corrected chi connectivity index (χ3v) is 5.92. The Morgan fingerprint density at radius 1 is 1.09 bits per heavy atom. The van der Waals surface area contributed by atoms with Gasteiger partial charge in [0.25, 0.3) is 5.91 Å². The molecule has 2 heterocycles. The second kappa shape index (κ2) is 9.56. The summed E-state index contributed by atoms with van der Waals surface area (Å²) in [6.07, 6.45) is 3.43. The van der Waals surface area contributed by atoms with Crippen molar-refractivity contribution in [1.29, 1.82) is 0 Å². The van der Waals surface area contributed by atoms with E-state index in [2.05, 4.69) is 15.3 Å². The van der Waals surface area contributed by atoms with Gasteiger partial charge in [0.05, 0.1) is 23.9 Å². The number of carbonyl (C=O) groups is 1. The van der Waals surface area contributed by atoms with E-state index in [0.717, 1.165) is 11.0 Å². The number of nitrogens with one attached hydrogen (secondary N) is 1. The maximum absolute atomic E-state index is 13.1. The number of ether oxygens (including phenoxy) is 2. The number of rotatable bonds is 8. The van der Waals surface area contributed by atoms with Crippen molar-refractivity contribution in [3.8, 4) is 5.75 Å². The normalized spacial score (nSPS) is 17.8. The summed E-state index contributed by atoms with van der Waals surface area (Å²) in [6, 6.07) is 5.06. The van der Waals surface area contributed by atoms with Crippen molar-refractivity contribution in [2.24, 2.45) is 0 Å². The minimum absolute atomic E-state index is 0.243. The standard InChI is InChI=1S/C23H32BN3O5/c1-15(18-13-25-16(2)26-14-18)27-21(28)17-10-19(12-20(11-17)30-9-8-29-7)24-31-22(3,4)23(5,6)32-24/h10-15H,8-9H2,1-7H3,(H,27,28)/t15-/m1/s1. The largest absolute Gasteiger partial charge is 0.494 e. The molecule has 9 heteroatoms. The molecule has 1 aromatic carbocycles. The molecule has 172 valence electrons. The predicted octanol–water partition coefficient (Wildman–Crippen LogP) is 2.60. The summed E-state index contributed by atoms with van der Waals surface area (Å²) in [6.45, 7) is 12.5. The molecule has 32 heavy (non-hydrogen) atoms. The lowest BCUT2D eigenvalue weighted by atomic mass is 9.78. The molecule has 0 aliphatic carbocycles. The molecule has 0 unspecified atom stereocenters. The number of aromatic nitrogens is 2. The fraction of sp³-hybridized carbons (Fsp3) is 0.522. The van der Waals surface area contributed by atoms with Gasteiger partial charge in [-0.1, -0.05) is 0 Å². The van der Waals surface area contributed by atoms with E-state index in [0.29, 0.717) is 30.4 Å². The minimum Gasteiger partial charge on any atom is -0.491 e. The molecule has 1 aromatic heterocycles. The number of carbonyl (C=O) groups excluding carboxylic acids is 1. The molecule has 1 aliphatic rings. The summed E-state index contributed by atoms with van der Waals surface area (Å²) < 4.78 is 23.2. The third-order valence-electron chi connectivity index (χ3n) is 5.92. The molecule has 1 fully saturated rings. The fourth-order valence-corrected chi connectivity index (χ4v) is 3.18. The van der Waals surface area contributed by atoms with E-state index < -0.39 is 18.3 Å². The number of nitrogens with zero attached hydrogens (tertiary/aromatic N) is 2. The molecule has 1 atom stereocenters. The SMILES string of the molecule is COCCOc1cc(B2OC(C)(C)C(C)(C)O2)cc(C(=O)N[C@H](C)c2cnc(C)nc2)c1. The molecular formula is C23H32BN3O5. The first-order valence-corrected chi connectivity index (χ1v) is 10.7. The quantitative estimate of drug-likeness (QED) is 0.497. The third kappa shape index (κ3) is 5.46. The van der Waals surface area contributed by atoms with Crippen LogP contribution in [0.1, 0.15) is 62.4 Å². The molecule has 1 aliphatic heterocycles. The van der Waals surface area contributed by atoms with E-state index in [1.807, 2.05) is 47.6 Å². The summed E-state index contributed by atoms with van der Waals surface area (Å²) >= 11 is 0. The van der Waals surface area contributed by atoms with Gasteiger partial charge >= 0.3 is 7.12 Å². The maximum Gasteiger partial charge on any atom is 0.494 e. The van der Waals surface area contributed by atoms with Crippen LogP contribution in [0.3, 0.4) is 0 Å². The Labute approximate surface area is 190 Å². The van der Waals surface area contributed by atoms with Gasteiger partial charge in [0.1, 0.15) is 18.2 Å². The molecule has 8 nitrogen and oxygen atoms in total. The van der Waals surface area contributed by atoms with E-state index in [4.69, 9.17) is 18.8 Å². The minimum atomic E-state index is -0.611. The molecule has 3 rings (SSSR count). The highest BCUT2D eigenvalue weighted by molar-refractivity contribution is 6.62. The highest BCUT2D eigenvalue weighted by Gasteiger charge is 2.51. The van der Waals surface area contributed by atoms with Crippen LogP contribution in [0.15, 0.2) is 30.6 Å². The van der Waals surface area contributed by atoms with Gasteiger partial charge in [-0.2, -0.15) is 0 Å². The predicted molar refractivity (Wildman–Crippen MR) is 122 cm³/mol. The van der Waals surface area contributed by atoms with E-state index in [1.165, 1.54) is 0 Å². The molecule has 0 spiro atoms. The monoisotopic (exact) mass is 441 g/mol. The van der Waals surface area contributed by atoms with Crippen LogP contribution in [-0.2, 0) is 14.0 Å². The van der Waals surface area contributed by atoms with Gasteiger partial charge in [0.15, 0.2) is 0 Å². The molecular weight excluding hydrogens is 409 g/mol. The number of benzene rings is 1. The maximum atomic E-state index is 13.1. The van der Waals surface area contributed by atoms with Crippen LogP contribution in [0.5, 0.6) is 5.75 Å². The zero-order valence-electron chi connectivity index (χ0n) is 19.9. The number of aryl methyl sites for hydroxylation is 1. The first kappa shape index (κ1) is 24.2. The number of amides is 1. The van der Waals surface area contributed by atoms with Gasteiger partial charge in [-0.25, -0.2) is 9.97 Å². The summed E-state index contributed by atoms with van der Waals surface area (Å²) in [4.78, 5) is 21.5. The van der Waals surface area contributed by atoms with E-state index in [9.17, 15) is 4.79 Å². The topological polar surface area (TPSA) is 91.8 Å². The highest BCUT2D eigenvalue weighted by atomic mass is 16.7. The second-order valence-electron chi connectivity index (χ2n) is 8.98. The van der Waals surface area contributed by atoms with Crippen LogP contribution in [0, 0.1) is 6.92 Å². The van der Waals surface area contributed by atoms with Crippen molar-refractivity contribution in [3.63, 3.8) is 0 Å². The highest BCUT2D eigenvalue weighted by Crippen LogP contribution is 2.36. The Kier molecular flexibility index (Phi) is 7.22. The van der Waals surface area contributed by atoms with Crippen LogP contribution in [-0.4, -0.2) is 54.5 Å². The molecule has 1 N–H and O–H groups in total. The molecule has 0 radical (unpaired) electrons. The van der Waals surface area contributed by atoms with Crippen LogP contribution in [0.2, 0.25) is 0 Å². The Morgan fingerprint density at radius 2 is 1.72 bits per heavy atom. The van der Waals surface area contributed by atoms with E-state index in [-0.39, 0.29) is 11.9 Å². The molecule has 1 amide bonds. The number of methoxy groups -OCH3 is 1. The lowest BCUT2D eigenvalue weighted by Crippen LogP contribution is -2.41. The lowest BCUT2D eigenvalue weighted by molar-refractivity contribution is 0.00578. The summed E-state index contributed by atoms with van der Waals surface area (Å²) in [5, 5.41) is 3.00. The second-order valence-corrected chi connectivity index (χ2v) is 8.98. The van der Waals surface area contributed by atoms with Crippen LogP contribution >= 0.6 is 0 Å². The van der Waals surface area contributed by atoms with Gasteiger partial charge in [-0.05, 0) is 65.2 Å². The van der Waals surface area contributed by atoms with Gasteiger partial charge < -0.3 is 24.1 Å². The summed E-state index contributed by atoms with van der Waals surface area (Å²) in [7, 11) is 1.000. The number of hydrogen-bond donors (Lipinski definition) is 1. The van der Waals surface area contributed by atoms with Crippen LogP contribution in [0.4, 0.5) is 0 Å². The average molecular weight is 441 g/mol. The lowest BCUT2D eigenvalue weighted by Gasteiger charge is -2.32.